The predicted molar refractivity (Wildman–Crippen MR) is 107 cm³/mol. The maximum Gasteiger partial charge on any atom is 0.181 e. The van der Waals surface area contributed by atoms with Crippen LogP contribution < -0.4 is 5.73 Å². The van der Waals surface area contributed by atoms with Crippen molar-refractivity contribution in [3.63, 3.8) is 0 Å². The van der Waals surface area contributed by atoms with Gasteiger partial charge in [-0.25, -0.2) is 17.2 Å². The van der Waals surface area contributed by atoms with Gasteiger partial charge < -0.3 is 10.5 Å². The molecule has 2 N–H and O–H groups in total. The minimum Gasteiger partial charge on any atom is -0.370 e. The number of ether oxygens (including phenoxy) is 1. The molecule has 0 amide bonds. The molecule has 2 aromatic rings. The van der Waals surface area contributed by atoms with Crippen LogP contribution in [0.15, 0.2) is 41.3 Å². The molecule has 0 unspecified atom stereocenters. The van der Waals surface area contributed by atoms with Crippen LogP contribution in [0.3, 0.4) is 0 Å². The average molecular weight is 435 g/mol. The van der Waals surface area contributed by atoms with Crippen LogP contribution in [-0.4, -0.2) is 37.3 Å². The van der Waals surface area contributed by atoms with Gasteiger partial charge in [-0.1, -0.05) is 6.07 Å². The van der Waals surface area contributed by atoms with E-state index < -0.39 is 33.6 Å². The first-order valence-corrected chi connectivity index (χ1v) is 11.8. The van der Waals surface area contributed by atoms with E-state index in [9.17, 15) is 17.2 Å². The van der Waals surface area contributed by atoms with Crippen LogP contribution in [0.2, 0.25) is 0 Å². The van der Waals surface area contributed by atoms with E-state index in [0.717, 1.165) is 42.2 Å². The molecule has 3 aliphatic rings. The van der Waals surface area contributed by atoms with Gasteiger partial charge in [-0.3, -0.25) is 4.90 Å². The summed E-state index contributed by atoms with van der Waals surface area (Å²) in [6.45, 7) is 1.68. The molecule has 0 radical (unpaired) electrons. The van der Waals surface area contributed by atoms with Crippen LogP contribution in [0.5, 0.6) is 0 Å². The molecule has 5 rings (SSSR count). The molecular weight excluding hydrogens is 410 g/mol. The van der Waals surface area contributed by atoms with E-state index in [4.69, 9.17) is 10.5 Å². The molecule has 0 bridgehead atoms. The van der Waals surface area contributed by atoms with Crippen LogP contribution in [0.4, 0.5) is 8.78 Å². The number of hydrogen-bond donors (Lipinski definition) is 1. The highest BCUT2D eigenvalue weighted by molar-refractivity contribution is 7.92. The second-order valence-corrected chi connectivity index (χ2v) is 10.8. The quantitative estimate of drug-likeness (QED) is 0.801. The second-order valence-electron chi connectivity index (χ2n) is 8.55. The first-order chi connectivity index (χ1) is 14.3. The summed E-state index contributed by atoms with van der Waals surface area (Å²) in [6, 6.07) is 8.30. The number of halogens is 2. The number of rotatable bonds is 4. The van der Waals surface area contributed by atoms with Gasteiger partial charge in [0.25, 0.3) is 0 Å². The van der Waals surface area contributed by atoms with Crippen LogP contribution in [0, 0.1) is 11.6 Å². The summed E-state index contributed by atoms with van der Waals surface area (Å²) in [5.74, 6) is -1.04. The highest BCUT2D eigenvalue weighted by Gasteiger charge is 2.39. The first-order valence-electron chi connectivity index (χ1n) is 10.2. The number of nitrogens with two attached hydrogens (primary N) is 1. The van der Waals surface area contributed by atoms with Crippen LogP contribution >= 0.6 is 0 Å². The third kappa shape index (κ3) is 3.56. The standard InChI is InChI=1S/C22H24F2N2O3S/c23-15-2-6-20(24)19(8-15)22-21(25)9-16(12-29-22)26-10-13-1-3-18(7-14(13)11-26)30(27,28)17-4-5-17/h1-3,6-8,16-17,21-22H,4-5,9-12,25H2/t16-,21+,22-/m0/s1. The van der Waals surface area contributed by atoms with Crippen molar-refractivity contribution in [2.75, 3.05) is 6.61 Å². The van der Waals surface area contributed by atoms with E-state index in [1.54, 1.807) is 12.1 Å². The fourth-order valence-corrected chi connectivity index (χ4v) is 6.26. The molecule has 30 heavy (non-hydrogen) atoms. The zero-order chi connectivity index (χ0) is 21.0. The summed E-state index contributed by atoms with van der Waals surface area (Å²) >= 11 is 0. The lowest BCUT2D eigenvalue weighted by Gasteiger charge is -2.38. The largest absolute Gasteiger partial charge is 0.370 e. The maximum atomic E-state index is 14.1. The Bertz CT molecular complexity index is 1090. The van der Waals surface area contributed by atoms with Crippen LogP contribution in [0.25, 0.3) is 0 Å². The Morgan fingerprint density at radius 2 is 1.80 bits per heavy atom. The smallest absolute Gasteiger partial charge is 0.181 e. The van der Waals surface area contributed by atoms with Crippen molar-refractivity contribution in [3.05, 3.63) is 64.7 Å². The predicted octanol–water partition coefficient (Wildman–Crippen LogP) is 3.07. The van der Waals surface area contributed by atoms with E-state index >= 15 is 0 Å². The Hall–Kier alpha value is -1.87. The highest BCUT2D eigenvalue weighted by atomic mass is 32.2. The molecule has 1 saturated carbocycles. The molecule has 2 aromatic carbocycles. The minimum absolute atomic E-state index is 0.0313. The fourth-order valence-electron chi connectivity index (χ4n) is 4.55. The van der Waals surface area contributed by atoms with E-state index in [-0.39, 0.29) is 16.9 Å². The Kier molecular flexibility index (Phi) is 4.93. The molecule has 5 nitrogen and oxygen atoms in total. The van der Waals surface area contributed by atoms with Gasteiger partial charge in [0.15, 0.2) is 9.84 Å². The van der Waals surface area contributed by atoms with Gasteiger partial charge in [0.2, 0.25) is 0 Å². The molecule has 3 atom stereocenters. The summed E-state index contributed by atoms with van der Waals surface area (Å²) in [6.07, 6.45) is 1.39. The normalized spacial score (nSPS) is 27.2. The van der Waals surface area contributed by atoms with Crippen LogP contribution in [0.1, 0.15) is 42.1 Å². The fraction of sp³-hybridized carbons (Fsp3) is 0.455. The van der Waals surface area contributed by atoms with E-state index in [1.165, 1.54) is 0 Å². The topological polar surface area (TPSA) is 72.6 Å². The molecule has 160 valence electrons. The Morgan fingerprint density at radius 1 is 1.03 bits per heavy atom. The maximum absolute atomic E-state index is 14.1. The summed E-state index contributed by atoms with van der Waals surface area (Å²) in [4.78, 5) is 2.62. The van der Waals surface area contributed by atoms with Crippen LogP contribution in [-0.2, 0) is 27.7 Å². The van der Waals surface area contributed by atoms with E-state index in [1.807, 2.05) is 6.07 Å². The van der Waals surface area contributed by atoms with Gasteiger partial charge in [-0.05, 0) is 60.7 Å². The van der Waals surface area contributed by atoms with Crippen molar-refractivity contribution < 1.29 is 21.9 Å². The minimum atomic E-state index is -3.21. The Balaban J connectivity index is 1.29. The molecule has 2 fully saturated rings. The lowest BCUT2D eigenvalue weighted by atomic mass is 9.93. The van der Waals surface area contributed by atoms with Crippen molar-refractivity contribution >= 4 is 9.84 Å². The number of fused-ring (bicyclic) bond motifs is 1. The van der Waals surface area contributed by atoms with Crippen molar-refractivity contribution in [2.45, 2.75) is 60.7 Å². The van der Waals surface area contributed by atoms with E-state index in [2.05, 4.69) is 4.90 Å². The van der Waals surface area contributed by atoms with E-state index in [0.29, 0.717) is 31.0 Å². The summed E-state index contributed by atoms with van der Waals surface area (Å²) in [5, 5.41) is -0.224. The third-order valence-corrected chi connectivity index (χ3v) is 8.66. The number of sulfone groups is 1. The monoisotopic (exact) mass is 434 g/mol. The molecule has 0 aromatic heterocycles. The Morgan fingerprint density at radius 3 is 2.53 bits per heavy atom. The van der Waals surface area contributed by atoms with Gasteiger partial charge in [0.1, 0.15) is 17.7 Å². The number of nitrogens with zero attached hydrogens (tertiary/aromatic N) is 1. The summed E-state index contributed by atoms with van der Waals surface area (Å²) in [5.41, 5.74) is 8.57. The van der Waals surface area contributed by atoms with Gasteiger partial charge in [0.05, 0.1) is 16.8 Å². The summed E-state index contributed by atoms with van der Waals surface area (Å²) < 4.78 is 58.7. The SMILES string of the molecule is N[C@@H]1C[C@H](N2Cc3ccc(S(=O)(=O)C4CC4)cc3C2)CO[C@H]1c1cc(F)ccc1F. The molecule has 8 heteroatoms. The molecule has 2 heterocycles. The number of hydrogen-bond acceptors (Lipinski definition) is 5. The number of benzene rings is 2. The van der Waals surface area contributed by atoms with Gasteiger partial charge in [0, 0.05) is 30.7 Å². The van der Waals surface area contributed by atoms with Gasteiger partial charge in [-0.2, -0.15) is 0 Å². The van der Waals surface area contributed by atoms with Crippen molar-refractivity contribution in [3.8, 4) is 0 Å². The summed E-state index contributed by atoms with van der Waals surface area (Å²) in [7, 11) is -3.21. The molecule has 2 aliphatic heterocycles. The van der Waals surface area contributed by atoms with Crippen molar-refractivity contribution in [1.29, 1.82) is 0 Å². The van der Waals surface area contributed by atoms with Gasteiger partial charge in [-0.15, -0.1) is 0 Å². The molecule has 1 aliphatic carbocycles. The average Bonchev–Trinajstić information content (AvgIpc) is 3.49. The Labute approximate surface area is 174 Å². The first kappa shape index (κ1) is 20.1. The molecular formula is C22H24F2N2O3S. The molecule has 0 spiro atoms. The second kappa shape index (κ2) is 7.37. The van der Waals surface area contributed by atoms with Gasteiger partial charge >= 0.3 is 0 Å². The lowest BCUT2D eigenvalue weighted by Crippen LogP contribution is -2.47. The van der Waals surface area contributed by atoms with Crippen molar-refractivity contribution in [1.82, 2.24) is 4.90 Å². The zero-order valence-electron chi connectivity index (χ0n) is 16.4. The van der Waals surface area contributed by atoms with Crippen molar-refractivity contribution in [2.24, 2.45) is 5.73 Å². The highest BCUT2D eigenvalue weighted by Crippen LogP contribution is 2.37. The molecule has 1 saturated heterocycles. The third-order valence-electron chi connectivity index (χ3n) is 6.40. The lowest BCUT2D eigenvalue weighted by molar-refractivity contribution is -0.0531. The zero-order valence-corrected chi connectivity index (χ0v) is 17.2.